The highest BCUT2D eigenvalue weighted by Gasteiger charge is 2.37. The van der Waals surface area contributed by atoms with E-state index in [4.69, 9.17) is 9.15 Å². The van der Waals surface area contributed by atoms with Crippen molar-refractivity contribution in [1.82, 2.24) is 0 Å². The molecular formula is C28H40O8. The Morgan fingerprint density at radius 2 is 1.89 bits per heavy atom. The van der Waals surface area contributed by atoms with E-state index < -0.39 is 23.1 Å². The minimum Gasteiger partial charge on any atom is -0.507 e. The summed E-state index contributed by atoms with van der Waals surface area (Å²) in [5.74, 6) is -1.37. The Morgan fingerprint density at radius 1 is 1.22 bits per heavy atom. The maximum absolute atomic E-state index is 12.0. The smallest absolute Gasteiger partial charge is 0.342 e. The number of carbonyl (C=O) groups is 1. The molecule has 0 bridgehead atoms. The molecule has 8 heteroatoms. The van der Waals surface area contributed by atoms with Gasteiger partial charge in [-0.25, -0.2) is 4.79 Å². The first-order chi connectivity index (χ1) is 16.8. The van der Waals surface area contributed by atoms with Crippen LogP contribution >= 0.6 is 0 Å². The molecule has 1 aromatic heterocycles. The quantitative estimate of drug-likeness (QED) is 0.244. The number of carboxylic acid groups (broad SMARTS) is 1. The number of aliphatic hydroxyl groups is 2. The zero-order valence-corrected chi connectivity index (χ0v) is 22.1. The molecule has 200 valence electrons. The van der Waals surface area contributed by atoms with Gasteiger partial charge in [0.2, 0.25) is 0 Å². The molecule has 0 saturated carbocycles. The molecule has 0 fully saturated rings. The highest BCUT2D eigenvalue weighted by atomic mass is 16.5. The van der Waals surface area contributed by atoms with Crippen LogP contribution in [-0.4, -0.2) is 51.3 Å². The van der Waals surface area contributed by atoms with Crippen LogP contribution in [0.4, 0.5) is 0 Å². The van der Waals surface area contributed by atoms with Crippen molar-refractivity contribution in [1.29, 1.82) is 0 Å². The van der Waals surface area contributed by atoms with E-state index in [0.717, 1.165) is 16.7 Å². The lowest BCUT2D eigenvalue weighted by Gasteiger charge is -2.26. The molecule has 1 aliphatic heterocycles. The molecule has 0 aliphatic carbocycles. The lowest BCUT2D eigenvalue weighted by atomic mass is 9.91. The molecule has 8 nitrogen and oxygen atoms in total. The second-order valence-electron chi connectivity index (χ2n) is 10.1. The van der Waals surface area contributed by atoms with E-state index in [9.17, 15) is 30.0 Å². The second kappa shape index (κ2) is 12.5. The predicted molar refractivity (Wildman–Crippen MR) is 137 cm³/mol. The zero-order valence-electron chi connectivity index (χ0n) is 22.1. The Kier molecular flexibility index (Phi) is 10.3. The van der Waals surface area contributed by atoms with Gasteiger partial charge >= 0.3 is 11.6 Å². The van der Waals surface area contributed by atoms with E-state index in [1.54, 1.807) is 19.1 Å². The van der Waals surface area contributed by atoms with Crippen molar-refractivity contribution in [3.05, 3.63) is 62.3 Å². The van der Waals surface area contributed by atoms with Crippen molar-refractivity contribution in [2.45, 2.75) is 84.8 Å². The van der Waals surface area contributed by atoms with Gasteiger partial charge in [-0.3, -0.25) is 4.79 Å². The summed E-state index contributed by atoms with van der Waals surface area (Å²) in [4.78, 5) is 23.9. The number of aliphatic carboxylic acids is 1. The Labute approximate surface area is 212 Å². The topological polar surface area (TPSA) is 137 Å². The Bertz CT molecular complexity index is 1090. The van der Waals surface area contributed by atoms with Crippen molar-refractivity contribution >= 4 is 5.97 Å². The van der Waals surface area contributed by atoms with Gasteiger partial charge in [0.05, 0.1) is 30.8 Å². The molecular weight excluding hydrogens is 464 g/mol. The highest BCUT2D eigenvalue weighted by Crippen LogP contribution is 2.34. The first-order valence-corrected chi connectivity index (χ1v) is 12.4. The van der Waals surface area contributed by atoms with Gasteiger partial charge in [0.15, 0.2) is 0 Å². The second-order valence-corrected chi connectivity index (χ2v) is 10.1. The number of hydrogen-bond donors (Lipinski definition) is 4. The highest BCUT2D eigenvalue weighted by molar-refractivity contribution is 5.72. The lowest BCUT2D eigenvalue weighted by molar-refractivity contribution is -0.140. The molecule has 36 heavy (non-hydrogen) atoms. The predicted octanol–water partition coefficient (Wildman–Crippen LogP) is 4.29. The Morgan fingerprint density at radius 3 is 2.44 bits per heavy atom. The van der Waals surface area contributed by atoms with Crippen molar-refractivity contribution in [2.24, 2.45) is 5.92 Å². The van der Waals surface area contributed by atoms with Gasteiger partial charge in [0.1, 0.15) is 17.1 Å². The molecule has 2 rings (SSSR count). The monoisotopic (exact) mass is 504 g/mol. The average Bonchev–Trinajstić information content (AvgIpc) is 3.14. The summed E-state index contributed by atoms with van der Waals surface area (Å²) in [5.41, 5.74) is 1.82. The van der Waals surface area contributed by atoms with Gasteiger partial charge in [0, 0.05) is 11.5 Å². The van der Waals surface area contributed by atoms with Gasteiger partial charge < -0.3 is 29.6 Å². The van der Waals surface area contributed by atoms with Crippen LogP contribution in [0.2, 0.25) is 0 Å². The molecule has 0 radical (unpaired) electrons. The van der Waals surface area contributed by atoms with E-state index >= 15 is 0 Å². The van der Waals surface area contributed by atoms with E-state index in [1.165, 1.54) is 6.92 Å². The van der Waals surface area contributed by atoms with Gasteiger partial charge in [-0.05, 0) is 72.0 Å². The van der Waals surface area contributed by atoms with Crippen LogP contribution in [0.25, 0.3) is 0 Å². The number of ether oxygens (including phenoxy) is 1. The molecule has 2 heterocycles. The fourth-order valence-corrected chi connectivity index (χ4v) is 4.89. The van der Waals surface area contributed by atoms with Crippen LogP contribution in [0, 0.1) is 19.8 Å². The van der Waals surface area contributed by atoms with Crippen LogP contribution in [0.3, 0.4) is 0 Å². The molecule has 1 aromatic rings. The summed E-state index contributed by atoms with van der Waals surface area (Å²) in [6.45, 7) is 10.4. The zero-order chi connectivity index (χ0) is 27.2. The number of hydrogen-bond acceptors (Lipinski definition) is 7. The third-order valence-electron chi connectivity index (χ3n) is 6.87. The molecule has 4 atom stereocenters. The summed E-state index contributed by atoms with van der Waals surface area (Å²) in [6, 6.07) is 0. The Hall–Kier alpha value is -2.68. The lowest BCUT2D eigenvalue weighted by Crippen LogP contribution is -2.33. The number of rotatable bonds is 12. The number of carboxylic acids is 1. The fourth-order valence-electron chi connectivity index (χ4n) is 4.89. The van der Waals surface area contributed by atoms with Crippen LogP contribution in [0.15, 0.2) is 44.2 Å². The summed E-state index contributed by atoms with van der Waals surface area (Å²) in [6.07, 6.45) is 7.05. The maximum atomic E-state index is 12.0. The molecule has 4 N–H and O–H groups in total. The van der Waals surface area contributed by atoms with Crippen LogP contribution in [-0.2, 0) is 9.53 Å². The fraction of sp³-hybridized carbons (Fsp3) is 0.571. The number of aromatic hydroxyl groups is 1. The summed E-state index contributed by atoms with van der Waals surface area (Å²) in [7, 11) is 0. The van der Waals surface area contributed by atoms with Gasteiger partial charge in [-0.1, -0.05) is 30.2 Å². The van der Waals surface area contributed by atoms with Crippen molar-refractivity contribution in [2.75, 3.05) is 13.2 Å². The normalized spacial score (nSPS) is 22.4. The van der Waals surface area contributed by atoms with Crippen molar-refractivity contribution in [3.63, 3.8) is 0 Å². The minimum absolute atomic E-state index is 0.0429. The van der Waals surface area contributed by atoms with Crippen LogP contribution in [0.1, 0.15) is 76.2 Å². The maximum Gasteiger partial charge on any atom is 0.342 e. The van der Waals surface area contributed by atoms with Gasteiger partial charge in [-0.15, -0.1) is 0 Å². The average molecular weight is 505 g/mol. The standard InChI is InChI=1S/C28H40O8/c1-16(11-18(3)25-19(4)24(31)20(5)27(34)35-25)10-17(2)12-22(26(32)33)8-7-9-28(15-30)13-23(14-29)21(6)36-28/h10,12-13,18,21-22,29-31H,7-9,11,14-15H2,1-6H3,(H,32,33). The SMILES string of the molecule is CC(=CC(CCCC1(CO)C=C(CO)C(C)O1)C(=O)O)C=C(C)CC(C)c1oc(=O)c(C)c(O)c1C. The number of aliphatic hydroxyl groups excluding tert-OH is 2. The van der Waals surface area contributed by atoms with E-state index in [-0.39, 0.29) is 36.5 Å². The minimum atomic E-state index is -0.924. The van der Waals surface area contributed by atoms with Crippen molar-refractivity contribution in [3.8, 4) is 5.75 Å². The van der Waals surface area contributed by atoms with E-state index in [1.807, 2.05) is 33.8 Å². The molecule has 0 amide bonds. The summed E-state index contributed by atoms with van der Waals surface area (Å²) in [5, 5.41) is 39.2. The van der Waals surface area contributed by atoms with E-state index in [2.05, 4.69) is 0 Å². The molecule has 0 saturated heterocycles. The van der Waals surface area contributed by atoms with Gasteiger partial charge in [-0.2, -0.15) is 0 Å². The summed E-state index contributed by atoms with van der Waals surface area (Å²) < 4.78 is 11.3. The Balaban J connectivity index is 2.06. The summed E-state index contributed by atoms with van der Waals surface area (Å²) >= 11 is 0. The molecule has 4 unspecified atom stereocenters. The molecule has 0 spiro atoms. The molecule has 0 aromatic carbocycles. The van der Waals surface area contributed by atoms with E-state index in [0.29, 0.717) is 37.0 Å². The largest absolute Gasteiger partial charge is 0.507 e. The third kappa shape index (κ3) is 7.18. The third-order valence-corrected chi connectivity index (χ3v) is 6.87. The first-order valence-electron chi connectivity index (χ1n) is 12.4. The first kappa shape index (κ1) is 29.5. The van der Waals surface area contributed by atoms with Crippen LogP contribution in [0.5, 0.6) is 5.75 Å². The van der Waals surface area contributed by atoms with Crippen LogP contribution < -0.4 is 5.63 Å². The number of allylic oxidation sites excluding steroid dienone is 3. The molecule has 1 aliphatic rings. The van der Waals surface area contributed by atoms with Gasteiger partial charge in [0.25, 0.3) is 0 Å². The van der Waals surface area contributed by atoms with Crippen molar-refractivity contribution < 1.29 is 34.4 Å².